The Bertz CT molecular complexity index is 3020. The number of hydrogen-bond acceptors (Lipinski definition) is 21. The summed E-state index contributed by atoms with van der Waals surface area (Å²) in [5.41, 5.74) is -1.73. The number of anilines is 1. The summed E-state index contributed by atoms with van der Waals surface area (Å²) in [5.74, 6) is -0.638. The van der Waals surface area contributed by atoms with Crippen LogP contribution in [-0.4, -0.2) is 208 Å². The summed E-state index contributed by atoms with van der Waals surface area (Å²) in [6, 6.07) is 10.3. The molecule has 6 saturated heterocycles. The van der Waals surface area contributed by atoms with Crippen LogP contribution in [0.5, 0.6) is 0 Å². The van der Waals surface area contributed by atoms with Crippen molar-refractivity contribution in [3.8, 4) is 0 Å². The number of ether oxygens (including phenoxy) is 8. The topological polar surface area (TPSA) is 260 Å². The second-order valence-corrected chi connectivity index (χ2v) is 29.2. The first-order chi connectivity index (χ1) is 42.4. The van der Waals surface area contributed by atoms with E-state index < -0.39 is 160 Å². The van der Waals surface area contributed by atoms with Crippen molar-refractivity contribution >= 4 is 46.2 Å². The Balaban J connectivity index is 1.07. The predicted molar refractivity (Wildman–Crippen MR) is 335 cm³/mol. The average molecular weight is 1290 g/mol. The third kappa shape index (κ3) is 14.4. The van der Waals surface area contributed by atoms with Gasteiger partial charge < -0.3 is 62.9 Å². The standard InChI is InChI=1S/C66H98F2N6O15S/c1-16-52-66(10)54(55(62(79)89-66)71-32-42-18-17-19-44(68)27-42)40(6)56(75)36(2)29-65(9,84-15)60(38(4)53(39(5)61(78)87-52)51-30-64(8,83-14)59(77)41(7)86-51)88-63-57(76)49(26-37(3)85-63)72(12)25-24-45(70-11)33-74(69)50(31-67)58(82-13)43-20-22-46(23-21-43)73-34-48-28-47(73)35-90(48,80)81/h17-23,27,32-33,36-41,47-55,57-60,63,76-77H,11,16,24-26,28-31,34-35,69H2,1-10,12-15H3/b45-33-,71-32?/t36-,37-,38+,39-,40-,41+,47-,48-,49+,50-,51-,52-,53?,54+,55?,57-,58-,59+,60-,63+,64-,65-,66-/m1/s1. The van der Waals surface area contributed by atoms with E-state index in [-0.39, 0.29) is 48.5 Å². The second kappa shape index (κ2) is 28.8. The Morgan fingerprint density at radius 2 is 1.64 bits per heavy atom. The van der Waals surface area contributed by atoms with Crippen LogP contribution < -0.4 is 10.7 Å². The normalized spacial score (nSPS) is 39.2. The van der Waals surface area contributed by atoms with Crippen LogP contribution in [0.3, 0.4) is 0 Å². The number of methoxy groups -OCH3 is 3. The molecule has 2 unspecified atom stereocenters. The molecule has 90 heavy (non-hydrogen) atoms. The Kier molecular flexibility index (Phi) is 22.7. The number of carbonyl (C=O) groups excluding carboxylic acids is 3. The number of esters is 2. The number of sulfone groups is 1. The Hall–Kier alpha value is -4.86. The van der Waals surface area contributed by atoms with Crippen LogP contribution in [-0.2, 0) is 62.1 Å². The minimum absolute atomic E-state index is 0.0376. The van der Waals surface area contributed by atoms with Gasteiger partial charge in [0.1, 0.15) is 48.7 Å². The number of cyclic esters (lactones) is 1. The van der Waals surface area contributed by atoms with E-state index in [1.165, 1.54) is 57.0 Å². The van der Waals surface area contributed by atoms with E-state index in [1.54, 1.807) is 54.5 Å². The molecule has 6 aliphatic heterocycles. The summed E-state index contributed by atoms with van der Waals surface area (Å²) < 4.78 is 106. The molecule has 24 heteroatoms. The van der Waals surface area contributed by atoms with Gasteiger partial charge in [-0.25, -0.2) is 27.8 Å². The number of aliphatic imine (C=N–C) groups is 2. The summed E-state index contributed by atoms with van der Waals surface area (Å²) in [4.78, 5) is 57.8. The first-order valence-electron chi connectivity index (χ1n) is 31.7. The van der Waals surface area contributed by atoms with E-state index in [2.05, 4.69) is 21.6 Å². The molecule has 0 amide bonds. The van der Waals surface area contributed by atoms with Crippen LogP contribution >= 0.6 is 0 Å². The highest BCUT2D eigenvalue weighted by Crippen LogP contribution is 2.49. The fourth-order valence-electron chi connectivity index (χ4n) is 15.7. The van der Waals surface area contributed by atoms with Gasteiger partial charge in [-0.05, 0) is 115 Å². The van der Waals surface area contributed by atoms with Crippen LogP contribution in [0.1, 0.15) is 125 Å². The van der Waals surface area contributed by atoms with E-state index in [1.807, 2.05) is 57.0 Å². The van der Waals surface area contributed by atoms with E-state index in [0.29, 0.717) is 42.8 Å². The lowest BCUT2D eigenvalue weighted by molar-refractivity contribution is -0.305. The minimum atomic E-state index is -3.07. The number of rotatable bonds is 20. The lowest BCUT2D eigenvalue weighted by Gasteiger charge is -2.52. The van der Waals surface area contributed by atoms with Crippen molar-refractivity contribution in [3.05, 3.63) is 77.4 Å². The lowest BCUT2D eigenvalue weighted by atomic mass is 9.66. The molecule has 0 aromatic heterocycles. The smallest absolute Gasteiger partial charge is 0.332 e. The van der Waals surface area contributed by atoms with Gasteiger partial charge in [0.05, 0.1) is 58.2 Å². The number of ketones is 1. The van der Waals surface area contributed by atoms with Crippen LogP contribution in [0.15, 0.2) is 70.4 Å². The first kappa shape index (κ1) is 71.0. The molecule has 8 rings (SSSR count). The summed E-state index contributed by atoms with van der Waals surface area (Å²) in [7, 11) is 3.28. The molecule has 2 aromatic rings. The van der Waals surface area contributed by atoms with Crippen LogP contribution in [0, 0.1) is 41.3 Å². The Morgan fingerprint density at radius 3 is 2.23 bits per heavy atom. The first-order valence-corrected chi connectivity index (χ1v) is 33.4. The number of halogens is 2. The molecule has 4 N–H and O–H groups in total. The third-order valence-electron chi connectivity index (χ3n) is 21.0. The number of nitrogens with zero attached hydrogens (tertiary/aromatic N) is 5. The van der Waals surface area contributed by atoms with Crippen molar-refractivity contribution in [2.75, 3.05) is 58.8 Å². The number of aliphatic hydroxyl groups excluding tert-OH is 2. The zero-order chi connectivity index (χ0) is 66.1. The Morgan fingerprint density at radius 1 is 0.956 bits per heavy atom. The fraction of sp³-hybridized carbons (Fsp3) is 0.712. The van der Waals surface area contributed by atoms with Gasteiger partial charge in [0.25, 0.3) is 0 Å². The Labute approximate surface area is 530 Å². The van der Waals surface area contributed by atoms with Gasteiger partial charge in [0.15, 0.2) is 27.8 Å². The molecule has 21 nitrogen and oxygen atoms in total. The average Bonchev–Trinajstić information content (AvgIpc) is 1.45. The largest absolute Gasteiger partial charge is 0.458 e. The molecule has 6 fully saturated rings. The summed E-state index contributed by atoms with van der Waals surface area (Å²) >= 11 is 0. The molecule has 2 bridgehead atoms. The number of alkyl halides is 1. The molecule has 0 radical (unpaired) electrons. The summed E-state index contributed by atoms with van der Waals surface area (Å²) in [6.07, 6.45) is -4.16. The van der Waals surface area contributed by atoms with E-state index in [4.69, 9.17) is 43.7 Å². The number of carbonyl (C=O) groups is 3. The number of nitrogens with two attached hydrogens (primary N) is 1. The second-order valence-electron chi connectivity index (χ2n) is 26.9. The van der Waals surface area contributed by atoms with Gasteiger partial charge >= 0.3 is 11.9 Å². The zero-order valence-electron chi connectivity index (χ0n) is 54.8. The quantitative estimate of drug-likeness (QED) is 0.0536. The van der Waals surface area contributed by atoms with Crippen LogP contribution in [0.4, 0.5) is 14.5 Å². The number of benzene rings is 2. The number of fused-ring (bicyclic) bond motifs is 3. The molecule has 502 valence electrons. The van der Waals surface area contributed by atoms with Crippen molar-refractivity contribution in [1.82, 2.24) is 9.91 Å². The molecular weight excluding hydrogens is 1190 g/mol. The molecular formula is C66H98F2N6O15S. The highest BCUT2D eigenvalue weighted by molar-refractivity contribution is 7.92. The third-order valence-corrected chi connectivity index (χ3v) is 23.2. The highest BCUT2D eigenvalue weighted by atomic mass is 32.2. The zero-order valence-corrected chi connectivity index (χ0v) is 55.6. The van der Waals surface area contributed by atoms with E-state index in [9.17, 15) is 27.8 Å². The van der Waals surface area contributed by atoms with Gasteiger partial charge in [-0.15, -0.1) is 0 Å². The molecule has 0 aliphatic carbocycles. The number of aliphatic hydroxyl groups is 2. The van der Waals surface area contributed by atoms with Crippen LogP contribution in [0.2, 0.25) is 0 Å². The highest BCUT2D eigenvalue weighted by Gasteiger charge is 2.62. The monoisotopic (exact) mass is 1280 g/mol. The summed E-state index contributed by atoms with van der Waals surface area (Å²) in [6.45, 7) is 21.5. The molecule has 6 heterocycles. The maximum Gasteiger partial charge on any atom is 0.332 e. The maximum atomic E-state index is 15.3. The number of hydrogen-bond donors (Lipinski definition) is 3. The SMILES string of the molecule is C=N/C(=C\N(N)[C@H](CF)[C@H](OC)c1ccc(N2C[C@H]3C[C@@H]2CS3(=O)=O)cc1)CCN(C)[C@H]1C[C@@H](C)O[C@@H](O[C@@H]2[C@@H](C)C([C@H]3C[C@@](C)(OC)[C@@H](O)[C@H](C)O3)[C@@H](C)C(=O)O[C@H](CC)[C@@]3(C)OC(=O)C(N=Cc4cccc(F)c4)[C@@H]3[C@@H](C)C(=O)[C@H](C)C[C@@]2(C)OC)[C@@H]1O. The van der Waals surface area contributed by atoms with Crippen LogP contribution in [0.25, 0.3) is 0 Å². The molecule has 2 aromatic carbocycles. The number of Topliss-reactive ketones (excluding diaryl/α,β-unsaturated/α-hetero) is 1. The fourth-order valence-corrected chi connectivity index (χ4v) is 17.8. The van der Waals surface area contributed by atoms with E-state index >= 15 is 14.0 Å². The van der Waals surface area contributed by atoms with Crippen molar-refractivity contribution < 1.29 is 79.7 Å². The number of hydrazine groups is 1. The van der Waals surface area contributed by atoms with E-state index in [0.717, 1.165) is 5.69 Å². The van der Waals surface area contributed by atoms with Crippen molar-refractivity contribution in [2.24, 2.45) is 51.3 Å². The van der Waals surface area contributed by atoms with Crippen molar-refractivity contribution in [1.29, 1.82) is 0 Å². The van der Waals surface area contributed by atoms with Gasteiger partial charge in [-0.2, -0.15) is 0 Å². The maximum absolute atomic E-state index is 15.3. The van der Waals surface area contributed by atoms with Crippen molar-refractivity contribution in [3.63, 3.8) is 0 Å². The number of likely N-dealkylation sites (N-methyl/N-ethyl adjacent to an activating group) is 1. The molecule has 23 atom stereocenters. The minimum Gasteiger partial charge on any atom is -0.458 e. The van der Waals surface area contributed by atoms with Gasteiger partial charge in [-0.1, -0.05) is 58.9 Å². The van der Waals surface area contributed by atoms with Gasteiger partial charge in [-0.3, -0.25) is 19.6 Å². The summed E-state index contributed by atoms with van der Waals surface area (Å²) in [5, 5.41) is 25.0. The van der Waals surface area contributed by atoms with Gasteiger partial charge in [0, 0.05) is 101 Å². The van der Waals surface area contributed by atoms with Gasteiger partial charge in [0.2, 0.25) is 0 Å². The predicted octanol–water partition coefficient (Wildman–Crippen LogP) is 6.74. The molecule has 0 spiro atoms. The molecule has 6 aliphatic rings. The molecule has 0 saturated carbocycles. The van der Waals surface area contributed by atoms with Crippen molar-refractivity contribution in [2.45, 2.75) is 209 Å². The lowest BCUT2D eigenvalue weighted by Crippen LogP contribution is -2.62.